The SMILES string of the molecule is CCCCCCCCCCCCCCCCCNC(=O)OCC(COP(=O)(O)OCC[n+]1ccccc1)Oc1ccon1. The van der Waals surface area contributed by atoms with Gasteiger partial charge in [0.15, 0.2) is 25.0 Å². The highest BCUT2D eigenvalue weighted by Crippen LogP contribution is 2.43. The van der Waals surface area contributed by atoms with E-state index in [1.165, 1.54) is 89.4 Å². The zero-order valence-electron chi connectivity index (χ0n) is 25.9. The van der Waals surface area contributed by atoms with Crippen LogP contribution >= 0.6 is 7.82 Å². The smallest absolute Gasteiger partial charge is 0.466 e. The van der Waals surface area contributed by atoms with E-state index in [9.17, 15) is 14.3 Å². The van der Waals surface area contributed by atoms with E-state index < -0.39 is 20.0 Å². The Kier molecular flexibility index (Phi) is 20.4. The maximum Gasteiger partial charge on any atom is 0.472 e. The van der Waals surface area contributed by atoms with E-state index in [4.69, 9.17) is 23.0 Å². The van der Waals surface area contributed by atoms with Gasteiger partial charge in [-0.05, 0) is 11.6 Å². The largest absolute Gasteiger partial charge is 0.472 e. The van der Waals surface area contributed by atoms with Gasteiger partial charge in [-0.15, -0.1) is 0 Å². The Balaban J connectivity index is 1.51. The van der Waals surface area contributed by atoms with Crippen molar-refractivity contribution >= 4 is 13.9 Å². The first-order valence-corrected chi connectivity index (χ1v) is 17.5. The monoisotopic (exact) mass is 626 g/mol. The molecular weight excluding hydrogens is 573 g/mol. The number of hydrogen-bond acceptors (Lipinski definition) is 8. The fourth-order valence-corrected chi connectivity index (χ4v) is 5.26. The number of nitrogens with zero attached hydrogens (tertiary/aromatic N) is 2. The van der Waals surface area contributed by atoms with Crippen molar-refractivity contribution in [2.75, 3.05) is 26.4 Å². The average molecular weight is 627 g/mol. The summed E-state index contributed by atoms with van der Waals surface area (Å²) in [4.78, 5) is 22.2. The van der Waals surface area contributed by atoms with Gasteiger partial charge >= 0.3 is 13.9 Å². The molecule has 2 N–H and O–H groups in total. The van der Waals surface area contributed by atoms with Crippen molar-refractivity contribution in [2.24, 2.45) is 0 Å². The minimum absolute atomic E-state index is 0.0323. The number of rotatable bonds is 27. The van der Waals surface area contributed by atoms with Gasteiger partial charge in [0.25, 0.3) is 5.88 Å². The Bertz CT molecular complexity index is 981. The topological polar surface area (TPSA) is 133 Å². The Hall–Kier alpha value is -2.46. The maximum atomic E-state index is 12.3. The van der Waals surface area contributed by atoms with Crippen molar-refractivity contribution in [2.45, 2.75) is 116 Å². The number of alkyl carbamates (subject to hydrolysis) is 1. The summed E-state index contributed by atoms with van der Waals surface area (Å²) < 4.78 is 39.8. The molecule has 0 aliphatic carbocycles. The van der Waals surface area contributed by atoms with Crippen LogP contribution in [0, 0.1) is 0 Å². The summed E-state index contributed by atoms with van der Waals surface area (Å²) in [6.45, 7) is 2.52. The summed E-state index contributed by atoms with van der Waals surface area (Å²) in [7, 11) is -4.36. The van der Waals surface area contributed by atoms with Gasteiger partial charge in [-0.2, -0.15) is 0 Å². The van der Waals surface area contributed by atoms with Crippen LogP contribution in [0.25, 0.3) is 0 Å². The van der Waals surface area contributed by atoms with Crippen molar-refractivity contribution in [1.82, 2.24) is 10.5 Å². The van der Waals surface area contributed by atoms with Crippen LogP contribution in [0.15, 0.2) is 47.4 Å². The number of amides is 1. The van der Waals surface area contributed by atoms with Crippen LogP contribution in [0.5, 0.6) is 5.88 Å². The third-order valence-corrected chi connectivity index (χ3v) is 7.94. The molecule has 0 saturated carbocycles. The lowest BCUT2D eigenvalue weighted by Crippen LogP contribution is -2.35. The van der Waals surface area contributed by atoms with Gasteiger partial charge in [-0.25, -0.2) is 13.9 Å². The standard InChI is InChI=1S/C31H52N3O8P/c1-2-3-4-5-6-7-8-9-10-11-12-13-14-15-17-21-32-31(35)38-27-29(42-30-20-25-39-33-30)28-41-43(36,37)40-26-24-34-22-18-16-19-23-34/h16,18-20,22-23,25,29H,2-15,17,21,24,26-28H2,1H3,(H-,32,35,36,37)/p+1. The molecule has 0 bridgehead atoms. The Morgan fingerprint density at radius 2 is 1.51 bits per heavy atom. The third-order valence-electron chi connectivity index (χ3n) is 6.96. The van der Waals surface area contributed by atoms with E-state index in [1.54, 1.807) is 0 Å². The predicted molar refractivity (Wildman–Crippen MR) is 164 cm³/mol. The number of aromatic nitrogens is 2. The van der Waals surface area contributed by atoms with Crippen molar-refractivity contribution in [3.8, 4) is 5.88 Å². The molecule has 1 amide bonds. The highest BCUT2D eigenvalue weighted by molar-refractivity contribution is 7.47. The van der Waals surface area contributed by atoms with Crippen LogP contribution in [-0.2, 0) is 24.9 Å². The number of carbonyl (C=O) groups excluding carboxylic acids is 1. The lowest BCUT2D eigenvalue weighted by molar-refractivity contribution is -0.697. The number of phosphoric ester groups is 1. The highest BCUT2D eigenvalue weighted by Gasteiger charge is 2.26. The molecule has 11 nitrogen and oxygen atoms in total. The van der Waals surface area contributed by atoms with Gasteiger partial charge in [0, 0.05) is 24.7 Å². The molecule has 2 unspecified atom stereocenters. The van der Waals surface area contributed by atoms with Crippen molar-refractivity contribution in [1.29, 1.82) is 0 Å². The number of phosphoric acid groups is 1. The van der Waals surface area contributed by atoms with Gasteiger partial charge in [-0.3, -0.25) is 9.05 Å². The Labute approximate surface area is 257 Å². The number of hydrogen-bond donors (Lipinski definition) is 2. The molecular formula is C31H53N3O8P+. The summed E-state index contributed by atoms with van der Waals surface area (Å²) in [5.74, 6) is 0.129. The number of ether oxygens (including phenoxy) is 2. The van der Waals surface area contributed by atoms with Crippen LogP contribution in [0.2, 0.25) is 0 Å². The van der Waals surface area contributed by atoms with Crippen molar-refractivity contribution < 1.29 is 41.9 Å². The average Bonchev–Trinajstić information content (AvgIpc) is 3.52. The van der Waals surface area contributed by atoms with E-state index in [2.05, 4.69) is 17.4 Å². The highest BCUT2D eigenvalue weighted by atomic mass is 31.2. The first-order chi connectivity index (χ1) is 21.0. The molecule has 2 aromatic rings. The van der Waals surface area contributed by atoms with Crippen LogP contribution in [0.4, 0.5) is 4.79 Å². The number of nitrogens with one attached hydrogen (secondary N) is 1. The van der Waals surface area contributed by atoms with Crippen LogP contribution < -0.4 is 14.6 Å². The summed E-state index contributed by atoms with van der Waals surface area (Å²) in [5, 5.41) is 6.40. The second-order valence-electron chi connectivity index (χ2n) is 10.8. The predicted octanol–water partition coefficient (Wildman–Crippen LogP) is 7.14. The molecule has 0 fully saturated rings. The molecule has 43 heavy (non-hydrogen) atoms. The number of unbranched alkanes of at least 4 members (excludes halogenated alkanes) is 14. The Morgan fingerprint density at radius 3 is 2.09 bits per heavy atom. The molecule has 0 aliphatic heterocycles. The van der Waals surface area contributed by atoms with Crippen LogP contribution in [0.3, 0.4) is 0 Å². The summed E-state index contributed by atoms with van der Waals surface area (Å²) in [6, 6.07) is 7.03. The summed E-state index contributed by atoms with van der Waals surface area (Å²) >= 11 is 0. The summed E-state index contributed by atoms with van der Waals surface area (Å²) in [5.41, 5.74) is 0. The van der Waals surface area contributed by atoms with Crippen molar-refractivity contribution in [3.63, 3.8) is 0 Å². The lowest BCUT2D eigenvalue weighted by atomic mass is 10.0. The Morgan fingerprint density at radius 1 is 0.907 bits per heavy atom. The fourth-order valence-electron chi connectivity index (χ4n) is 4.52. The lowest BCUT2D eigenvalue weighted by Gasteiger charge is -2.19. The first-order valence-electron chi connectivity index (χ1n) is 16.0. The number of carbonyl (C=O) groups is 1. The van der Waals surface area contributed by atoms with Crippen LogP contribution in [-0.4, -0.2) is 48.6 Å². The molecule has 0 aromatic carbocycles. The quantitative estimate of drug-likeness (QED) is 0.0603. The maximum absolute atomic E-state index is 12.3. The zero-order valence-corrected chi connectivity index (χ0v) is 26.8. The third kappa shape index (κ3) is 20.2. The molecule has 0 aliphatic rings. The summed E-state index contributed by atoms with van der Waals surface area (Å²) in [6.07, 6.45) is 22.7. The second kappa shape index (κ2) is 23.9. The van der Waals surface area contributed by atoms with Crippen LogP contribution in [0.1, 0.15) is 103 Å². The molecule has 244 valence electrons. The molecule has 2 heterocycles. The van der Waals surface area contributed by atoms with Gasteiger partial charge in [-0.1, -0.05) is 103 Å². The van der Waals surface area contributed by atoms with E-state index in [1.807, 2.05) is 35.2 Å². The molecule has 2 atom stereocenters. The fraction of sp³-hybridized carbons (Fsp3) is 0.710. The number of pyridine rings is 1. The zero-order chi connectivity index (χ0) is 30.9. The van der Waals surface area contributed by atoms with Gasteiger partial charge in [0.2, 0.25) is 0 Å². The molecule has 0 radical (unpaired) electrons. The molecule has 2 aromatic heterocycles. The van der Waals surface area contributed by atoms with E-state index in [0.717, 1.165) is 19.3 Å². The second-order valence-corrected chi connectivity index (χ2v) is 12.2. The molecule has 2 rings (SSSR count). The molecule has 0 spiro atoms. The van der Waals surface area contributed by atoms with Gasteiger partial charge in [0.05, 0.1) is 6.61 Å². The molecule has 0 saturated heterocycles. The molecule has 12 heteroatoms. The van der Waals surface area contributed by atoms with E-state index in [0.29, 0.717) is 13.1 Å². The minimum atomic E-state index is -4.36. The van der Waals surface area contributed by atoms with Gasteiger partial charge < -0.3 is 24.2 Å². The van der Waals surface area contributed by atoms with Gasteiger partial charge in [0.1, 0.15) is 19.5 Å². The van der Waals surface area contributed by atoms with E-state index >= 15 is 0 Å². The normalized spacial score (nSPS) is 13.3. The van der Waals surface area contributed by atoms with E-state index in [-0.39, 0.29) is 25.7 Å². The first kappa shape index (κ1) is 36.7. The minimum Gasteiger partial charge on any atom is -0.466 e. The van der Waals surface area contributed by atoms with Crippen molar-refractivity contribution in [3.05, 3.63) is 42.9 Å².